The van der Waals surface area contributed by atoms with Gasteiger partial charge in [0.05, 0.1) is 10.4 Å². The zero-order chi connectivity index (χ0) is 34.4. The number of thiophene rings is 1. The van der Waals surface area contributed by atoms with Gasteiger partial charge in [-0.25, -0.2) is 0 Å². The summed E-state index contributed by atoms with van der Waals surface area (Å²) in [6.07, 6.45) is 0. The molecule has 0 saturated carbocycles. The predicted octanol–water partition coefficient (Wildman–Crippen LogP) is 14.8. The average molecular weight is 680 g/mol. The number of benzene rings is 9. The number of hydrogen-bond acceptors (Lipinski definition) is 2. The lowest BCUT2D eigenvalue weighted by atomic mass is 9.93. The molecule has 0 unspecified atom stereocenters. The highest BCUT2D eigenvalue weighted by Crippen LogP contribution is 2.46. The summed E-state index contributed by atoms with van der Waals surface area (Å²) in [5.74, 6) is 0. The van der Waals surface area contributed by atoms with Gasteiger partial charge in [-0.05, 0) is 103 Å². The van der Waals surface area contributed by atoms with Crippen LogP contribution in [-0.4, -0.2) is 0 Å². The van der Waals surface area contributed by atoms with E-state index in [1.54, 1.807) is 0 Å². The molecule has 0 N–H and O–H groups in total. The Hall–Kier alpha value is -6.48. The lowest BCUT2D eigenvalue weighted by Gasteiger charge is -2.26. The molecule has 10 aromatic rings. The van der Waals surface area contributed by atoms with E-state index in [2.05, 4.69) is 205 Å². The maximum atomic E-state index is 2.42. The monoisotopic (exact) mass is 679 g/mol. The van der Waals surface area contributed by atoms with E-state index in [0.29, 0.717) is 0 Å². The fourth-order valence-corrected chi connectivity index (χ4v) is 8.90. The molecule has 0 aliphatic heterocycles. The summed E-state index contributed by atoms with van der Waals surface area (Å²) in [4.78, 5) is 2.42. The van der Waals surface area contributed by atoms with Crippen LogP contribution in [0.25, 0.3) is 75.1 Å². The van der Waals surface area contributed by atoms with E-state index in [0.717, 1.165) is 11.4 Å². The molecule has 10 rings (SSSR count). The molecule has 0 aliphatic rings. The molecule has 0 radical (unpaired) electrons. The van der Waals surface area contributed by atoms with Gasteiger partial charge in [-0.2, -0.15) is 0 Å². The van der Waals surface area contributed by atoms with Gasteiger partial charge in [0, 0.05) is 26.8 Å². The van der Waals surface area contributed by atoms with Crippen molar-refractivity contribution >= 4 is 70.1 Å². The summed E-state index contributed by atoms with van der Waals surface area (Å²) >= 11 is 1.87. The normalized spacial score (nSPS) is 11.5. The second kappa shape index (κ2) is 12.7. The van der Waals surface area contributed by atoms with Crippen LogP contribution >= 0.6 is 11.3 Å². The number of hydrogen-bond donors (Lipinski definition) is 0. The smallest absolute Gasteiger partial charge is 0.0640 e. The molecule has 244 valence electrons. The molecule has 0 atom stereocenters. The topological polar surface area (TPSA) is 3.24 Å². The van der Waals surface area contributed by atoms with Crippen LogP contribution in [0.1, 0.15) is 0 Å². The van der Waals surface area contributed by atoms with E-state index < -0.39 is 0 Å². The average Bonchev–Trinajstić information content (AvgIpc) is 3.61. The number of anilines is 3. The SMILES string of the molecule is c1ccc(-c2ccc(N(c3ccc(-c4cc5ccccc5c5ccccc45)cc3)c3cccc4c3sc3ccc(-c5ccccc5)cc34)cc2)cc1. The molecular formula is C50H33NS. The molecule has 0 bridgehead atoms. The van der Waals surface area contributed by atoms with Crippen molar-refractivity contribution in [3.63, 3.8) is 0 Å². The molecule has 9 aromatic carbocycles. The Labute approximate surface area is 307 Å². The Balaban J connectivity index is 1.13. The molecule has 1 aromatic heterocycles. The van der Waals surface area contributed by atoms with Gasteiger partial charge in [-0.15, -0.1) is 11.3 Å². The fraction of sp³-hybridized carbons (Fsp3) is 0. The van der Waals surface area contributed by atoms with Crippen molar-refractivity contribution in [3.8, 4) is 33.4 Å². The van der Waals surface area contributed by atoms with Gasteiger partial charge in [-0.1, -0.05) is 152 Å². The first-order valence-electron chi connectivity index (χ1n) is 17.8. The van der Waals surface area contributed by atoms with Crippen LogP contribution in [0.2, 0.25) is 0 Å². The maximum absolute atomic E-state index is 2.42. The molecule has 0 saturated heterocycles. The van der Waals surface area contributed by atoms with Crippen molar-refractivity contribution in [2.45, 2.75) is 0 Å². The van der Waals surface area contributed by atoms with Crippen LogP contribution < -0.4 is 4.90 Å². The van der Waals surface area contributed by atoms with Gasteiger partial charge in [0.25, 0.3) is 0 Å². The summed E-state index contributed by atoms with van der Waals surface area (Å²) in [5, 5.41) is 7.67. The minimum atomic E-state index is 1.12. The quantitative estimate of drug-likeness (QED) is 0.158. The van der Waals surface area contributed by atoms with E-state index >= 15 is 0 Å². The van der Waals surface area contributed by atoms with Crippen molar-refractivity contribution in [2.24, 2.45) is 0 Å². The van der Waals surface area contributed by atoms with E-state index in [-0.39, 0.29) is 0 Å². The standard InChI is InChI=1S/C50H33NS/c1-3-12-34(13-4-1)36-22-27-40(28-23-36)51(48-21-11-20-45-47-32-38(35-14-5-2-6-15-35)26-31-49(47)52-50(45)48)41-29-24-37(25-30-41)46-33-39-16-7-8-17-42(39)43-18-9-10-19-44(43)46/h1-33H. The minimum absolute atomic E-state index is 1.12. The third-order valence-electron chi connectivity index (χ3n) is 10.3. The molecule has 0 spiro atoms. The summed E-state index contributed by atoms with van der Waals surface area (Å²) in [5.41, 5.74) is 10.8. The van der Waals surface area contributed by atoms with Gasteiger partial charge in [0.2, 0.25) is 0 Å². The van der Waals surface area contributed by atoms with Crippen molar-refractivity contribution in [2.75, 3.05) is 4.90 Å². The van der Waals surface area contributed by atoms with Gasteiger partial charge >= 0.3 is 0 Å². The number of fused-ring (bicyclic) bond motifs is 6. The van der Waals surface area contributed by atoms with Crippen LogP contribution in [0, 0.1) is 0 Å². The highest BCUT2D eigenvalue weighted by atomic mass is 32.1. The Morgan fingerprint density at radius 2 is 0.865 bits per heavy atom. The predicted molar refractivity (Wildman–Crippen MR) is 225 cm³/mol. The molecule has 1 heterocycles. The van der Waals surface area contributed by atoms with Crippen molar-refractivity contribution in [1.82, 2.24) is 0 Å². The molecular weight excluding hydrogens is 647 g/mol. The van der Waals surface area contributed by atoms with Gasteiger partial charge in [0.15, 0.2) is 0 Å². The fourth-order valence-electron chi connectivity index (χ4n) is 7.71. The lowest BCUT2D eigenvalue weighted by molar-refractivity contribution is 1.30. The van der Waals surface area contributed by atoms with E-state index in [9.17, 15) is 0 Å². The lowest BCUT2D eigenvalue weighted by Crippen LogP contribution is -2.10. The van der Waals surface area contributed by atoms with Crippen LogP contribution in [-0.2, 0) is 0 Å². The van der Waals surface area contributed by atoms with Crippen molar-refractivity contribution < 1.29 is 0 Å². The van der Waals surface area contributed by atoms with Gasteiger partial charge < -0.3 is 4.90 Å². The summed E-state index contributed by atoms with van der Waals surface area (Å²) in [6.45, 7) is 0. The largest absolute Gasteiger partial charge is 0.309 e. The van der Waals surface area contributed by atoms with E-state index in [1.807, 2.05) is 11.3 Å². The minimum Gasteiger partial charge on any atom is -0.309 e. The molecule has 2 heteroatoms. The van der Waals surface area contributed by atoms with Crippen molar-refractivity contribution in [3.05, 3.63) is 200 Å². The number of nitrogens with zero attached hydrogens (tertiary/aromatic N) is 1. The first-order valence-corrected chi connectivity index (χ1v) is 18.6. The van der Waals surface area contributed by atoms with Gasteiger partial charge in [0.1, 0.15) is 0 Å². The van der Waals surface area contributed by atoms with Gasteiger partial charge in [-0.3, -0.25) is 0 Å². The second-order valence-corrected chi connectivity index (χ2v) is 14.4. The Kier molecular flexibility index (Phi) is 7.41. The van der Waals surface area contributed by atoms with Crippen LogP contribution in [0.4, 0.5) is 17.1 Å². The molecule has 1 nitrogen and oxygen atoms in total. The first-order chi connectivity index (χ1) is 25.8. The summed E-state index contributed by atoms with van der Waals surface area (Å²) in [6, 6.07) is 72.9. The molecule has 0 amide bonds. The Morgan fingerprint density at radius 1 is 0.327 bits per heavy atom. The second-order valence-electron chi connectivity index (χ2n) is 13.3. The Morgan fingerprint density at radius 3 is 1.58 bits per heavy atom. The highest BCUT2D eigenvalue weighted by molar-refractivity contribution is 7.26. The van der Waals surface area contributed by atoms with E-state index in [1.165, 1.54) is 80.8 Å². The third kappa shape index (κ3) is 5.24. The number of rotatable bonds is 6. The Bertz CT molecular complexity index is 2870. The molecule has 52 heavy (non-hydrogen) atoms. The maximum Gasteiger partial charge on any atom is 0.0640 e. The molecule has 0 fully saturated rings. The zero-order valence-corrected chi connectivity index (χ0v) is 29.2. The van der Waals surface area contributed by atoms with E-state index in [4.69, 9.17) is 0 Å². The van der Waals surface area contributed by atoms with Crippen LogP contribution in [0.5, 0.6) is 0 Å². The third-order valence-corrected chi connectivity index (χ3v) is 11.5. The highest BCUT2D eigenvalue weighted by Gasteiger charge is 2.19. The zero-order valence-electron chi connectivity index (χ0n) is 28.4. The summed E-state index contributed by atoms with van der Waals surface area (Å²) < 4.78 is 2.57. The first kappa shape index (κ1) is 30.4. The van der Waals surface area contributed by atoms with Crippen LogP contribution in [0.15, 0.2) is 200 Å². The van der Waals surface area contributed by atoms with Crippen LogP contribution in [0.3, 0.4) is 0 Å². The van der Waals surface area contributed by atoms with Crippen molar-refractivity contribution in [1.29, 1.82) is 0 Å². The summed E-state index contributed by atoms with van der Waals surface area (Å²) in [7, 11) is 0. The molecule has 0 aliphatic carbocycles.